The van der Waals surface area contributed by atoms with Crippen LogP contribution in [0.2, 0.25) is 0 Å². The molecule has 3 heteroatoms. The lowest BCUT2D eigenvalue weighted by Gasteiger charge is -2.11. The zero-order valence-electron chi connectivity index (χ0n) is 11.4. The Morgan fingerprint density at radius 1 is 1.41 bits per heavy atom. The first-order chi connectivity index (χ1) is 8.22. The summed E-state index contributed by atoms with van der Waals surface area (Å²) in [4.78, 5) is 0. The zero-order chi connectivity index (χ0) is 12.3. The summed E-state index contributed by atoms with van der Waals surface area (Å²) >= 11 is 0. The number of nitrogens with zero attached hydrogens (tertiary/aromatic N) is 2. The average Bonchev–Trinajstić information content (AvgIpc) is 3.09. The van der Waals surface area contributed by atoms with Crippen molar-refractivity contribution in [3.05, 3.63) is 17.5 Å². The molecule has 1 aliphatic carbocycles. The van der Waals surface area contributed by atoms with Crippen molar-refractivity contribution >= 4 is 0 Å². The van der Waals surface area contributed by atoms with E-state index in [-0.39, 0.29) is 0 Å². The quantitative estimate of drug-likeness (QED) is 0.787. The number of aryl methyl sites for hydroxylation is 1. The number of hydrogen-bond donors (Lipinski definition) is 1. The van der Waals surface area contributed by atoms with Crippen molar-refractivity contribution in [2.24, 2.45) is 5.92 Å². The lowest BCUT2D eigenvalue weighted by Crippen LogP contribution is -2.15. The van der Waals surface area contributed by atoms with Gasteiger partial charge < -0.3 is 5.32 Å². The number of nitrogens with one attached hydrogen (secondary N) is 1. The van der Waals surface area contributed by atoms with Gasteiger partial charge in [-0.1, -0.05) is 26.7 Å². The van der Waals surface area contributed by atoms with Gasteiger partial charge in [-0.05, 0) is 25.7 Å². The van der Waals surface area contributed by atoms with E-state index >= 15 is 0 Å². The van der Waals surface area contributed by atoms with Gasteiger partial charge in [0.25, 0.3) is 0 Å². The smallest absolute Gasteiger partial charge is 0.0638 e. The van der Waals surface area contributed by atoms with Gasteiger partial charge >= 0.3 is 0 Å². The molecule has 0 spiro atoms. The van der Waals surface area contributed by atoms with Crippen LogP contribution in [-0.2, 0) is 13.1 Å². The molecule has 0 saturated heterocycles. The van der Waals surface area contributed by atoms with E-state index in [1.165, 1.54) is 36.9 Å². The molecule has 0 atom stereocenters. The molecule has 1 N–H and O–H groups in total. The third kappa shape index (κ3) is 3.56. The Kier molecular flexibility index (Phi) is 4.21. The zero-order valence-corrected chi connectivity index (χ0v) is 11.4. The van der Waals surface area contributed by atoms with Crippen LogP contribution in [0.3, 0.4) is 0 Å². The minimum atomic E-state index is 0.763. The summed E-state index contributed by atoms with van der Waals surface area (Å²) < 4.78 is 2.14. The molecule has 3 nitrogen and oxygen atoms in total. The summed E-state index contributed by atoms with van der Waals surface area (Å²) in [5.74, 6) is 0.763. The summed E-state index contributed by atoms with van der Waals surface area (Å²) in [5, 5.41) is 8.18. The predicted molar refractivity (Wildman–Crippen MR) is 70.9 cm³/mol. The first-order valence-electron chi connectivity index (χ1n) is 6.99. The minimum absolute atomic E-state index is 0.763. The van der Waals surface area contributed by atoms with Crippen molar-refractivity contribution in [1.29, 1.82) is 0 Å². The maximum absolute atomic E-state index is 4.62. The molecule has 0 amide bonds. The first-order valence-corrected chi connectivity index (χ1v) is 6.99. The Balaban J connectivity index is 1.91. The molecule has 0 radical (unpaired) electrons. The van der Waals surface area contributed by atoms with Crippen molar-refractivity contribution in [2.45, 2.75) is 65.6 Å². The first kappa shape index (κ1) is 12.6. The van der Waals surface area contributed by atoms with Gasteiger partial charge in [-0.15, -0.1) is 0 Å². The van der Waals surface area contributed by atoms with Crippen molar-refractivity contribution in [2.75, 3.05) is 0 Å². The maximum Gasteiger partial charge on any atom is 0.0638 e. The maximum atomic E-state index is 4.62. The van der Waals surface area contributed by atoms with Gasteiger partial charge in [0.2, 0.25) is 0 Å². The highest BCUT2D eigenvalue weighted by atomic mass is 15.3. The van der Waals surface area contributed by atoms with E-state index in [4.69, 9.17) is 0 Å². The number of hydrogen-bond acceptors (Lipinski definition) is 2. The molecule has 96 valence electrons. The summed E-state index contributed by atoms with van der Waals surface area (Å²) in [5.41, 5.74) is 2.55. The van der Waals surface area contributed by atoms with Gasteiger partial charge in [0, 0.05) is 30.9 Å². The minimum Gasteiger partial charge on any atom is -0.310 e. The van der Waals surface area contributed by atoms with Gasteiger partial charge in [0.15, 0.2) is 0 Å². The van der Waals surface area contributed by atoms with Gasteiger partial charge in [-0.2, -0.15) is 5.10 Å². The molecular weight excluding hydrogens is 210 g/mol. The second-order valence-electron chi connectivity index (χ2n) is 5.30. The Hall–Kier alpha value is -0.830. The lowest BCUT2D eigenvalue weighted by atomic mass is 10.0. The topological polar surface area (TPSA) is 29.9 Å². The average molecular weight is 235 g/mol. The predicted octanol–water partition coefficient (Wildman–Crippen LogP) is 2.88. The summed E-state index contributed by atoms with van der Waals surface area (Å²) in [7, 11) is 0. The fraction of sp³-hybridized carbons (Fsp3) is 0.786. The van der Waals surface area contributed by atoms with E-state index in [1.807, 2.05) is 0 Å². The van der Waals surface area contributed by atoms with E-state index in [9.17, 15) is 0 Å². The third-order valence-electron chi connectivity index (χ3n) is 3.81. The molecule has 0 bridgehead atoms. The summed E-state index contributed by atoms with van der Waals surface area (Å²) in [6.45, 7) is 8.70. The number of rotatable bonds is 7. The highest BCUT2D eigenvalue weighted by molar-refractivity contribution is 5.15. The van der Waals surface area contributed by atoms with E-state index in [0.717, 1.165) is 25.0 Å². The van der Waals surface area contributed by atoms with Gasteiger partial charge in [0.05, 0.1) is 5.69 Å². The normalized spacial score (nSPS) is 15.8. The Bertz CT molecular complexity index is 348. The molecule has 1 aromatic heterocycles. The summed E-state index contributed by atoms with van der Waals surface area (Å²) in [6, 6.07) is 0.775. The largest absolute Gasteiger partial charge is 0.310 e. The standard InChI is InChI=1S/C14H25N3/c1-4-12(5-2)9-17-10-13(11(3)16-17)8-15-14-6-7-14/h10,12,14-15H,4-9H2,1-3H3. The fourth-order valence-electron chi connectivity index (χ4n) is 2.18. The van der Waals surface area contributed by atoms with Crippen molar-refractivity contribution in [3.63, 3.8) is 0 Å². The van der Waals surface area contributed by atoms with Crippen LogP contribution in [0.15, 0.2) is 6.20 Å². The Morgan fingerprint density at radius 3 is 2.71 bits per heavy atom. The molecule has 1 aromatic rings. The SMILES string of the molecule is CCC(CC)Cn1cc(CNC2CC2)c(C)n1. The fourth-order valence-corrected chi connectivity index (χ4v) is 2.18. The molecule has 1 aliphatic rings. The van der Waals surface area contributed by atoms with E-state index in [2.05, 4.69) is 42.1 Å². The molecule has 1 heterocycles. The molecule has 1 fully saturated rings. The van der Waals surface area contributed by atoms with Crippen molar-refractivity contribution in [3.8, 4) is 0 Å². The molecule has 0 aromatic carbocycles. The van der Waals surface area contributed by atoms with Crippen LogP contribution in [0.1, 0.15) is 50.8 Å². The van der Waals surface area contributed by atoms with E-state index in [1.54, 1.807) is 0 Å². The van der Waals surface area contributed by atoms with Crippen LogP contribution in [0.4, 0.5) is 0 Å². The van der Waals surface area contributed by atoms with Gasteiger partial charge in [-0.3, -0.25) is 4.68 Å². The lowest BCUT2D eigenvalue weighted by molar-refractivity contribution is 0.395. The Morgan fingerprint density at radius 2 is 2.12 bits per heavy atom. The van der Waals surface area contributed by atoms with Crippen LogP contribution in [0.5, 0.6) is 0 Å². The molecule has 0 aliphatic heterocycles. The second-order valence-corrected chi connectivity index (χ2v) is 5.30. The molecular formula is C14H25N3. The third-order valence-corrected chi connectivity index (χ3v) is 3.81. The van der Waals surface area contributed by atoms with Crippen LogP contribution in [0, 0.1) is 12.8 Å². The van der Waals surface area contributed by atoms with Crippen LogP contribution >= 0.6 is 0 Å². The van der Waals surface area contributed by atoms with Crippen LogP contribution in [-0.4, -0.2) is 15.8 Å². The van der Waals surface area contributed by atoms with Gasteiger partial charge in [-0.25, -0.2) is 0 Å². The second kappa shape index (κ2) is 5.67. The van der Waals surface area contributed by atoms with E-state index in [0.29, 0.717) is 0 Å². The van der Waals surface area contributed by atoms with Crippen LogP contribution < -0.4 is 5.32 Å². The molecule has 1 saturated carbocycles. The van der Waals surface area contributed by atoms with Crippen LogP contribution in [0.25, 0.3) is 0 Å². The molecule has 17 heavy (non-hydrogen) atoms. The molecule has 2 rings (SSSR count). The molecule has 0 unspecified atom stereocenters. The van der Waals surface area contributed by atoms with E-state index < -0.39 is 0 Å². The highest BCUT2D eigenvalue weighted by Gasteiger charge is 2.20. The monoisotopic (exact) mass is 235 g/mol. The summed E-state index contributed by atoms with van der Waals surface area (Å²) in [6.07, 6.45) is 7.40. The Labute approximate surface area is 105 Å². The van der Waals surface area contributed by atoms with Gasteiger partial charge in [0.1, 0.15) is 0 Å². The highest BCUT2D eigenvalue weighted by Crippen LogP contribution is 2.20. The number of aromatic nitrogens is 2. The van der Waals surface area contributed by atoms with Crippen molar-refractivity contribution < 1.29 is 0 Å². The van der Waals surface area contributed by atoms with Crippen molar-refractivity contribution in [1.82, 2.24) is 15.1 Å².